The van der Waals surface area contributed by atoms with E-state index >= 15 is 0 Å². The molecule has 1 aromatic heterocycles. The fourth-order valence-electron chi connectivity index (χ4n) is 5.12. The van der Waals surface area contributed by atoms with Crippen molar-refractivity contribution in [1.29, 1.82) is 0 Å². The minimum atomic E-state index is -0.725. The standard InChI is InChI=1S/C27H29NO2/c1-16-7-11-19(12-8-16)26-22-14-20-5-3-4-6-21(20)15-24(22)28-17(2)25(26)23(27(29)30)13-18-9-10-18/h7-8,11-12,14-15,18,23H,3-6,9-10,13H2,1-2H3,(H,29,30). The van der Waals surface area contributed by atoms with Crippen molar-refractivity contribution in [2.45, 2.75) is 64.7 Å². The summed E-state index contributed by atoms with van der Waals surface area (Å²) in [6, 6.07) is 13.1. The first-order chi connectivity index (χ1) is 14.5. The lowest BCUT2D eigenvalue weighted by atomic mass is 9.82. The molecule has 3 nitrogen and oxygen atoms in total. The number of carbonyl (C=O) groups is 1. The first-order valence-electron chi connectivity index (χ1n) is 11.3. The molecule has 1 saturated carbocycles. The maximum atomic E-state index is 12.4. The molecule has 1 atom stereocenters. The van der Waals surface area contributed by atoms with Crippen LogP contribution in [0.5, 0.6) is 0 Å². The second-order valence-corrected chi connectivity index (χ2v) is 9.27. The maximum Gasteiger partial charge on any atom is 0.311 e. The van der Waals surface area contributed by atoms with Crippen molar-refractivity contribution in [3.8, 4) is 11.1 Å². The topological polar surface area (TPSA) is 50.2 Å². The minimum absolute atomic E-state index is 0.498. The van der Waals surface area contributed by atoms with Gasteiger partial charge in [-0.1, -0.05) is 42.7 Å². The van der Waals surface area contributed by atoms with Crippen LogP contribution in [0.3, 0.4) is 0 Å². The zero-order chi connectivity index (χ0) is 20.8. The highest BCUT2D eigenvalue weighted by Gasteiger charge is 2.34. The SMILES string of the molecule is Cc1ccc(-c2c(C(CC3CC3)C(=O)O)c(C)nc3cc4c(cc23)CCCC4)cc1. The van der Waals surface area contributed by atoms with Gasteiger partial charge in [-0.25, -0.2) is 0 Å². The summed E-state index contributed by atoms with van der Waals surface area (Å²) in [5, 5.41) is 11.3. The van der Waals surface area contributed by atoms with Gasteiger partial charge in [0.15, 0.2) is 0 Å². The molecule has 2 aromatic carbocycles. The van der Waals surface area contributed by atoms with E-state index in [1.165, 1.54) is 29.5 Å². The molecule has 1 N–H and O–H groups in total. The molecule has 0 bridgehead atoms. The number of fused-ring (bicyclic) bond motifs is 2. The predicted octanol–water partition coefficient (Wildman–Crippen LogP) is 6.37. The smallest absolute Gasteiger partial charge is 0.311 e. The van der Waals surface area contributed by atoms with Crippen LogP contribution in [0.25, 0.3) is 22.0 Å². The Balaban J connectivity index is 1.80. The van der Waals surface area contributed by atoms with Crippen LogP contribution in [0.1, 0.15) is 66.0 Å². The van der Waals surface area contributed by atoms with Gasteiger partial charge in [-0.2, -0.15) is 0 Å². The first-order valence-corrected chi connectivity index (χ1v) is 11.3. The predicted molar refractivity (Wildman–Crippen MR) is 121 cm³/mol. The van der Waals surface area contributed by atoms with Gasteiger partial charge in [-0.05, 0) is 91.8 Å². The number of carboxylic acid groups (broad SMARTS) is 1. The quantitative estimate of drug-likeness (QED) is 0.543. The van der Waals surface area contributed by atoms with Crippen LogP contribution < -0.4 is 0 Å². The third-order valence-corrected chi connectivity index (χ3v) is 6.93. The van der Waals surface area contributed by atoms with Gasteiger partial charge in [0.2, 0.25) is 0 Å². The molecule has 1 fully saturated rings. The number of nitrogens with zero attached hydrogens (tertiary/aromatic N) is 1. The van der Waals surface area contributed by atoms with Crippen molar-refractivity contribution in [2.24, 2.45) is 5.92 Å². The fraction of sp³-hybridized carbons (Fsp3) is 0.407. The van der Waals surface area contributed by atoms with Crippen LogP contribution in [-0.4, -0.2) is 16.1 Å². The lowest BCUT2D eigenvalue weighted by molar-refractivity contribution is -0.139. The Hall–Kier alpha value is -2.68. The van der Waals surface area contributed by atoms with Gasteiger partial charge in [-0.3, -0.25) is 9.78 Å². The van der Waals surface area contributed by atoms with Gasteiger partial charge in [0.05, 0.1) is 11.4 Å². The van der Waals surface area contributed by atoms with Crippen molar-refractivity contribution in [3.63, 3.8) is 0 Å². The van der Waals surface area contributed by atoms with Crippen LogP contribution >= 0.6 is 0 Å². The summed E-state index contributed by atoms with van der Waals surface area (Å²) >= 11 is 0. The fourth-order valence-corrected chi connectivity index (χ4v) is 5.12. The van der Waals surface area contributed by atoms with Crippen molar-refractivity contribution in [2.75, 3.05) is 0 Å². The van der Waals surface area contributed by atoms with Gasteiger partial charge in [0, 0.05) is 11.1 Å². The van der Waals surface area contributed by atoms with Crippen molar-refractivity contribution in [3.05, 3.63) is 64.3 Å². The first kappa shape index (κ1) is 19.3. The molecular formula is C27H29NO2. The van der Waals surface area contributed by atoms with Crippen LogP contribution in [0.4, 0.5) is 0 Å². The van der Waals surface area contributed by atoms with Crippen LogP contribution in [-0.2, 0) is 17.6 Å². The average Bonchev–Trinajstić information content (AvgIpc) is 3.55. The average molecular weight is 400 g/mol. The van der Waals surface area contributed by atoms with E-state index in [0.29, 0.717) is 12.3 Å². The Labute approximate surface area is 178 Å². The molecule has 3 heteroatoms. The van der Waals surface area contributed by atoms with Crippen LogP contribution in [0.2, 0.25) is 0 Å². The lowest BCUT2D eigenvalue weighted by Crippen LogP contribution is -2.16. The van der Waals surface area contributed by atoms with Gasteiger partial charge in [0.1, 0.15) is 0 Å². The molecule has 0 radical (unpaired) electrons. The normalized spacial score (nSPS) is 17.0. The van der Waals surface area contributed by atoms with E-state index in [-0.39, 0.29) is 0 Å². The Kier molecular flexibility index (Phi) is 4.85. The largest absolute Gasteiger partial charge is 0.481 e. The second-order valence-electron chi connectivity index (χ2n) is 9.27. The minimum Gasteiger partial charge on any atom is -0.481 e. The zero-order valence-corrected chi connectivity index (χ0v) is 17.9. The van der Waals surface area contributed by atoms with Gasteiger partial charge in [0.25, 0.3) is 0 Å². The van der Waals surface area contributed by atoms with E-state index < -0.39 is 11.9 Å². The molecular weight excluding hydrogens is 370 g/mol. The summed E-state index contributed by atoms with van der Waals surface area (Å²) < 4.78 is 0. The maximum absolute atomic E-state index is 12.4. The number of rotatable bonds is 5. The Morgan fingerprint density at radius 1 is 1.07 bits per heavy atom. The molecule has 0 saturated heterocycles. The van der Waals surface area contributed by atoms with E-state index in [2.05, 4.69) is 43.3 Å². The summed E-state index contributed by atoms with van der Waals surface area (Å²) in [4.78, 5) is 17.3. The molecule has 154 valence electrons. The molecule has 30 heavy (non-hydrogen) atoms. The molecule has 3 aromatic rings. The summed E-state index contributed by atoms with van der Waals surface area (Å²) in [6.45, 7) is 4.08. The summed E-state index contributed by atoms with van der Waals surface area (Å²) in [6.07, 6.45) is 7.70. The van der Waals surface area contributed by atoms with Crippen molar-refractivity contribution < 1.29 is 9.90 Å². The van der Waals surface area contributed by atoms with E-state index in [1.807, 2.05) is 6.92 Å². The number of aliphatic carboxylic acids is 1. The van der Waals surface area contributed by atoms with Gasteiger partial charge in [-0.15, -0.1) is 0 Å². The Morgan fingerprint density at radius 3 is 2.37 bits per heavy atom. The third-order valence-electron chi connectivity index (χ3n) is 6.93. The highest BCUT2D eigenvalue weighted by Crippen LogP contribution is 2.44. The number of benzene rings is 2. The van der Waals surface area contributed by atoms with Crippen LogP contribution in [0, 0.1) is 19.8 Å². The van der Waals surface area contributed by atoms with Crippen molar-refractivity contribution >= 4 is 16.9 Å². The number of carboxylic acids is 1. The Bertz CT molecular complexity index is 1130. The molecule has 0 spiro atoms. The number of aromatic nitrogens is 1. The number of aryl methyl sites for hydroxylation is 4. The summed E-state index contributed by atoms with van der Waals surface area (Å²) in [7, 11) is 0. The number of hydrogen-bond donors (Lipinski definition) is 1. The second kappa shape index (κ2) is 7.54. The zero-order valence-electron chi connectivity index (χ0n) is 17.9. The van der Waals surface area contributed by atoms with E-state index in [1.54, 1.807) is 0 Å². The molecule has 1 unspecified atom stereocenters. The monoisotopic (exact) mass is 399 g/mol. The van der Waals surface area contributed by atoms with E-state index in [9.17, 15) is 9.90 Å². The lowest BCUT2D eigenvalue weighted by Gasteiger charge is -2.23. The molecule has 2 aliphatic carbocycles. The van der Waals surface area contributed by atoms with E-state index in [4.69, 9.17) is 4.98 Å². The number of hydrogen-bond acceptors (Lipinski definition) is 2. The summed E-state index contributed by atoms with van der Waals surface area (Å²) in [5.41, 5.74) is 9.00. The molecule has 0 aliphatic heterocycles. The molecule has 2 aliphatic rings. The third kappa shape index (κ3) is 3.51. The van der Waals surface area contributed by atoms with E-state index in [0.717, 1.165) is 59.0 Å². The highest BCUT2D eigenvalue weighted by molar-refractivity contribution is 5.99. The van der Waals surface area contributed by atoms with Crippen LogP contribution in [0.15, 0.2) is 36.4 Å². The van der Waals surface area contributed by atoms with Gasteiger partial charge < -0.3 is 5.11 Å². The number of pyridine rings is 1. The Morgan fingerprint density at radius 2 is 1.73 bits per heavy atom. The summed E-state index contributed by atoms with van der Waals surface area (Å²) in [5.74, 6) is -0.685. The molecule has 5 rings (SSSR count). The van der Waals surface area contributed by atoms with Gasteiger partial charge >= 0.3 is 5.97 Å². The van der Waals surface area contributed by atoms with Crippen molar-refractivity contribution in [1.82, 2.24) is 4.98 Å². The highest BCUT2D eigenvalue weighted by atomic mass is 16.4. The molecule has 1 heterocycles. The molecule has 0 amide bonds.